The van der Waals surface area contributed by atoms with E-state index in [4.69, 9.17) is 27.9 Å². The third-order valence-electron chi connectivity index (χ3n) is 6.37. The Labute approximate surface area is 233 Å². The van der Waals surface area contributed by atoms with Gasteiger partial charge in [-0.2, -0.15) is 10.1 Å². The second kappa shape index (κ2) is 9.97. The third kappa shape index (κ3) is 4.41. The number of nitrogens with one attached hydrogen (secondary N) is 1. The molecule has 1 aliphatic heterocycles. The number of halogens is 3. The third-order valence-corrected chi connectivity index (χ3v) is 6.90. The van der Waals surface area contributed by atoms with Crippen molar-refractivity contribution >= 4 is 40.7 Å². The predicted octanol–water partition coefficient (Wildman–Crippen LogP) is 4.74. The molecule has 0 saturated heterocycles. The molecular weight excluding hydrogens is 548 g/mol. The first-order valence-corrected chi connectivity index (χ1v) is 12.7. The topological polar surface area (TPSA) is 109 Å². The summed E-state index contributed by atoms with van der Waals surface area (Å²) in [6.45, 7) is 3.88. The summed E-state index contributed by atoms with van der Waals surface area (Å²) < 4.78 is 21.9. The molecule has 1 atom stereocenters. The van der Waals surface area contributed by atoms with Crippen molar-refractivity contribution in [2.24, 2.45) is 0 Å². The molecule has 4 heterocycles. The summed E-state index contributed by atoms with van der Waals surface area (Å²) in [5, 5.41) is 4.83. The first kappa shape index (κ1) is 26.6. The molecule has 1 aliphatic rings. The molecule has 1 aromatic carbocycles. The average Bonchev–Trinajstić information content (AvgIpc) is 3.41. The lowest BCUT2D eigenvalue weighted by Gasteiger charge is -2.27. The maximum absolute atomic E-state index is 14.7. The maximum Gasteiger partial charge on any atom is 0.280 e. The summed E-state index contributed by atoms with van der Waals surface area (Å²) in [5.74, 6) is -0.712. The van der Waals surface area contributed by atoms with Gasteiger partial charge in [-0.05, 0) is 29.7 Å². The highest BCUT2D eigenvalue weighted by Gasteiger charge is 2.46. The van der Waals surface area contributed by atoms with Crippen LogP contribution in [0.1, 0.15) is 53.1 Å². The van der Waals surface area contributed by atoms with Gasteiger partial charge in [0.15, 0.2) is 5.69 Å². The minimum atomic E-state index is -0.905. The minimum absolute atomic E-state index is 0.00311. The summed E-state index contributed by atoms with van der Waals surface area (Å²) in [7, 11) is 5.09. The number of anilines is 2. The second-order valence-electron chi connectivity index (χ2n) is 9.46. The fourth-order valence-electron chi connectivity index (χ4n) is 4.70. The Morgan fingerprint density at radius 2 is 1.90 bits per heavy atom. The van der Waals surface area contributed by atoms with Crippen LogP contribution in [0.3, 0.4) is 0 Å². The van der Waals surface area contributed by atoms with Gasteiger partial charge in [0, 0.05) is 25.9 Å². The van der Waals surface area contributed by atoms with Crippen LogP contribution < -0.4 is 20.1 Å². The number of hydrogen-bond donors (Lipinski definition) is 1. The van der Waals surface area contributed by atoms with Gasteiger partial charge in [0.25, 0.3) is 11.5 Å². The van der Waals surface area contributed by atoms with Crippen molar-refractivity contribution in [2.45, 2.75) is 25.8 Å². The van der Waals surface area contributed by atoms with Gasteiger partial charge in [0.05, 0.1) is 35.1 Å². The molecule has 3 aromatic heterocycles. The Bertz CT molecular complexity index is 1670. The summed E-state index contributed by atoms with van der Waals surface area (Å²) in [4.78, 5) is 41.3. The lowest BCUT2D eigenvalue weighted by atomic mass is 9.94. The van der Waals surface area contributed by atoms with E-state index < -0.39 is 23.3 Å². The summed E-state index contributed by atoms with van der Waals surface area (Å²) in [6, 6.07) is 4.76. The Kier molecular flexibility index (Phi) is 6.81. The quantitative estimate of drug-likeness (QED) is 0.356. The first-order valence-electron chi connectivity index (χ1n) is 11.9. The Hall–Kier alpha value is -3.96. The Balaban J connectivity index is 1.80. The van der Waals surface area contributed by atoms with Crippen LogP contribution in [-0.2, 0) is 0 Å². The lowest BCUT2D eigenvalue weighted by molar-refractivity contribution is 0.0988. The van der Waals surface area contributed by atoms with Gasteiger partial charge in [-0.3, -0.25) is 14.5 Å². The number of nitrogens with zero attached hydrogens (tertiary/aromatic N) is 6. The molecule has 1 amide bonds. The van der Waals surface area contributed by atoms with Crippen molar-refractivity contribution in [1.82, 2.24) is 24.7 Å². The lowest BCUT2D eigenvalue weighted by Crippen LogP contribution is -2.34. The zero-order chi connectivity index (χ0) is 28.2. The second-order valence-corrected chi connectivity index (χ2v) is 10.3. The molecule has 4 aromatic rings. The minimum Gasteiger partial charge on any atom is -0.479 e. The molecule has 0 fully saturated rings. The van der Waals surface area contributed by atoms with E-state index >= 15 is 0 Å². The molecule has 0 saturated carbocycles. The fourth-order valence-corrected chi connectivity index (χ4v) is 4.98. The van der Waals surface area contributed by atoms with Crippen molar-refractivity contribution in [3.63, 3.8) is 0 Å². The molecule has 1 unspecified atom stereocenters. The molecule has 0 bridgehead atoms. The Morgan fingerprint density at radius 1 is 1.15 bits per heavy atom. The number of pyridine rings is 1. The van der Waals surface area contributed by atoms with E-state index in [1.165, 1.54) is 36.4 Å². The highest BCUT2D eigenvalue weighted by molar-refractivity contribution is 6.31. The zero-order valence-electron chi connectivity index (χ0n) is 21.7. The molecule has 13 heteroatoms. The number of rotatable bonds is 6. The monoisotopic (exact) mass is 571 g/mol. The van der Waals surface area contributed by atoms with Crippen LogP contribution in [0, 0.1) is 5.82 Å². The fraction of sp³-hybridized carbons (Fsp3) is 0.269. The van der Waals surface area contributed by atoms with Gasteiger partial charge < -0.3 is 14.6 Å². The average molecular weight is 572 g/mol. The van der Waals surface area contributed by atoms with Gasteiger partial charge in [0.1, 0.15) is 17.2 Å². The molecule has 10 nitrogen and oxygen atoms in total. The van der Waals surface area contributed by atoms with Crippen molar-refractivity contribution < 1.29 is 13.9 Å². The Morgan fingerprint density at radius 3 is 2.54 bits per heavy atom. The van der Waals surface area contributed by atoms with Crippen molar-refractivity contribution in [2.75, 3.05) is 31.0 Å². The van der Waals surface area contributed by atoms with Crippen LogP contribution >= 0.6 is 23.2 Å². The van der Waals surface area contributed by atoms with Crippen molar-refractivity contribution in [3.05, 3.63) is 85.4 Å². The number of carbonyl (C=O) groups excluding carboxylic acids is 1. The summed E-state index contributed by atoms with van der Waals surface area (Å²) in [5.41, 5.74) is 1.53. The van der Waals surface area contributed by atoms with Crippen molar-refractivity contribution in [3.8, 4) is 11.6 Å². The molecule has 0 aliphatic carbocycles. The van der Waals surface area contributed by atoms with Crippen LogP contribution in [0.25, 0.3) is 5.69 Å². The molecule has 0 spiro atoms. The highest BCUT2D eigenvalue weighted by Crippen LogP contribution is 2.45. The highest BCUT2D eigenvalue weighted by atomic mass is 35.5. The number of carbonyl (C=O) groups is 1. The number of hydrogen-bond acceptors (Lipinski definition) is 7. The van der Waals surface area contributed by atoms with Crippen LogP contribution in [0.5, 0.6) is 5.88 Å². The molecule has 5 rings (SSSR count). The predicted molar refractivity (Wildman–Crippen MR) is 146 cm³/mol. The maximum atomic E-state index is 14.7. The molecule has 39 heavy (non-hydrogen) atoms. The molecule has 202 valence electrons. The van der Waals surface area contributed by atoms with Gasteiger partial charge in [-0.15, -0.1) is 0 Å². The van der Waals surface area contributed by atoms with E-state index in [-0.39, 0.29) is 33.2 Å². The zero-order valence-corrected chi connectivity index (χ0v) is 23.2. The number of aromatic amines is 1. The van der Waals surface area contributed by atoms with E-state index in [1.807, 2.05) is 13.8 Å². The molecular formula is C26H24Cl2FN7O3. The van der Waals surface area contributed by atoms with Gasteiger partial charge >= 0.3 is 0 Å². The number of benzene rings is 1. The van der Waals surface area contributed by atoms with E-state index in [2.05, 4.69) is 20.1 Å². The number of ether oxygens (including phenoxy) is 1. The first-order chi connectivity index (χ1) is 18.5. The molecule has 0 radical (unpaired) electrons. The van der Waals surface area contributed by atoms with E-state index in [9.17, 15) is 14.0 Å². The summed E-state index contributed by atoms with van der Waals surface area (Å²) in [6.07, 6.45) is 2.89. The number of fused-ring (bicyclic) bond motifs is 1. The van der Waals surface area contributed by atoms with Gasteiger partial charge in [-0.1, -0.05) is 43.1 Å². The van der Waals surface area contributed by atoms with E-state index in [0.29, 0.717) is 28.5 Å². The van der Waals surface area contributed by atoms with E-state index in [0.717, 1.165) is 0 Å². The molecule has 1 N–H and O–H groups in total. The number of H-pyrrole nitrogens is 1. The normalized spacial score (nSPS) is 14.7. The smallest absolute Gasteiger partial charge is 0.280 e. The summed E-state index contributed by atoms with van der Waals surface area (Å²) >= 11 is 12.2. The van der Waals surface area contributed by atoms with Crippen LogP contribution in [0.2, 0.25) is 10.0 Å². The largest absolute Gasteiger partial charge is 0.479 e. The van der Waals surface area contributed by atoms with Crippen LogP contribution in [0.4, 0.5) is 16.0 Å². The number of aromatic nitrogens is 5. The van der Waals surface area contributed by atoms with E-state index in [1.54, 1.807) is 35.9 Å². The SMILES string of the molecule is COc1nc(N(C)C)ncc1-n1nc2c(c1C(C)C)C(c1ccc(Cl)c(F)c1)N(c1cc(Cl)c[nH]c1=O)C2=O. The standard InChI is InChI=1S/C26H24Cl2FN7O3/c1-12(2)21-19-20(33-36(21)18-11-31-26(34(3)4)32-24(18)39-5)25(38)35(17-9-14(27)10-30-23(17)37)22(19)13-6-7-15(28)16(29)8-13/h6-12,22H,1-5H3,(H,30,37). The number of amides is 1. The van der Waals surface area contributed by atoms with Gasteiger partial charge in [0.2, 0.25) is 11.8 Å². The van der Waals surface area contributed by atoms with Crippen LogP contribution in [0.15, 0.2) is 41.5 Å². The van der Waals surface area contributed by atoms with Crippen LogP contribution in [-0.4, -0.2) is 51.8 Å². The van der Waals surface area contributed by atoms with Crippen molar-refractivity contribution in [1.29, 1.82) is 0 Å². The number of methoxy groups -OCH3 is 1. The van der Waals surface area contributed by atoms with Gasteiger partial charge in [-0.25, -0.2) is 14.1 Å².